The maximum atomic E-state index is 12.0. The second-order valence-electron chi connectivity index (χ2n) is 3.47. The molecule has 1 aromatic carbocycles. The SMILES string of the molecule is O=S(=O)(NCc1ccccc1Cl)c1ccc(Br)s1. The minimum absolute atomic E-state index is 0.178. The molecule has 2 aromatic rings. The second kappa shape index (κ2) is 5.71. The van der Waals surface area contributed by atoms with Crippen molar-refractivity contribution < 1.29 is 8.42 Å². The second-order valence-corrected chi connectivity index (χ2v) is 8.34. The van der Waals surface area contributed by atoms with Crippen molar-refractivity contribution in [2.45, 2.75) is 10.8 Å². The van der Waals surface area contributed by atoms with Crippen molar-refractivity contribution >= 4 is 48.9 Å². The Bertz CT molecular complexity index is 655. The maximum Gasteiger partial charge on any atom is 0.250 e. The van der Waals surface area contributed by atoms with Gasteiger partial charge in [0.15, 0.2) is 0 Å². The molecular formula is C11H9BrClNO2S2. The van der Waals surface area contributed by atoms with Crippen LogP contribution in [-0.4, -0.2) is 8.42 Å². The van der Waals surface area contributed by atoms with Crippen LogP contribution in [0.25, 0.3) is 0 Å². The highest BCUT2D eigenvalue weighted by Crippen LogP contribution is 2.26. The molecule has 0 unspecified atom stereocenters. The quantitative estimate of drug-likeness (QED) is 0.898. The van der Waals surface area contributed by atoms with Crippen LogP contribution in [0.15, 0.2) is 44.4 Å². The van der Waals surface area contributed by atoms with E-state index in [0.717, 1.165) is 9.35 Å². The Morgan fingerprint density at radius 2 is 1.94 bits per heavy atom. The van der Waals surface area contributed by atoms with Gasteiger partial charge >= 0.3 is 0 Å². The van der Waals surface area contributed by atoms with Crippen LogP contribution in [0.3, 0.4) is 0 Å². The Balaban J connectivity index is 2.13. The molecular weight excluding hydrogens is 358 g/mol. The van der Waals surface area contributed by atoms with Gasteiger partial charge in [-0.2, -0.15) is 0 Å². The molecule has 1 heterocycles. The van der Waals surface area contributed by atoms with Crippen molar-refractivity contribution in [1.29, 1.82) is 0 Å². The van der Waals surface area contributed by atoms with Crippen molar-refractivity contribution in [1.82, 2.24) is 4.72 Å². The summed E-state index contributed by atoms with van der Waals surface area (Å²) in [7, 11) is -3.47. The molecule has 3 nitrogen and oxygen atoms in total. The van der Waals surface area contributed by atoms with Gasteiger partial charge in [0.25, 0.3) is 0 Å². The van der Waals surface area contributed by atoms with Gasteiger partial charge in [-0.3, -0.25) is 0 Å². The molecule has 1 N–H and O–H groups in total. The number of thiophene rings is 1. The van der Waals surface area contributed by atoms with E-state index in [4.69, 9.17) is 11.6 Å². The first-order valence-electron chi connectivity index (χ1n) is 4.97. The molecule has 0 aliphatic rings. The Morgan fingerprint density at radius 1 is 1.22 bits per heavy atom. The maximum absolute atomic E-state index is 12.0. The molecule has 0 radical (unpaired) electrons. The largest absolute Gasteiger partial charge is 0.250 e. The number of halogens is 2. The predicted octanol–water partition coefficient (Wildman–Crippen LogP) is 3.64. The van der Waals surface area contributed by atoms with Gasteiger partial charge in [0.05, 0.1) is 3.79 Å². The molecule has 0 amide bonds. The Morgan fingerprint density at radius 3 is 2.56 bits per heavy atom. The van der Waals surface area contributed by atoms with E-state index in [-0.39, 0.29) is 10.8 Å². The lowest BCUT2D eigenvalue weighted by atomic mass is 10.2. The number of benzene rings is 1. The predicted molar refractivity (Wildman–Crippen MR) is 77.5 cm³/mol. The summed E-state index contributed by atoms with van der Waals surface area (Å²) in [5.74, 6) is 0. The zero-order valence-corrected chi connectivity index (χ0v) is 13.0. The lowest BCUT2D eigenvalue weighted by molar-refractivity contribution is 0.583. The fraction of sp³-hybridized carbons (Fsp3) is 0.0909. The van der Waals surface area contributed by atoms with E-state index in [0.29, 0.717) is 5.02 Å². The van der Waals surface area contributed by atoms with Crippen LogP contribution < -0.4 is 4.72 Å². The van der Waals surface area contributed by atoms with Crippen LogP contribution in [0.2, 0.25) is 5.02 Å². The van der Waals surface area contributed by atoms with Crippen molar-refractivity contribution in [2.24, 2.45) is 0 Å². The first-order chi connectivity index (χ1) is 8.49. The topological polar surface area (TPSA) is 46.2 Å². The summed E-state index contributed by atoms with van der Waals surface area (Å²) in [4.78, 5) is 0. The third kappa shape index (κ3) is 3.33. The third-order valence-corrected chi connectivity index (χ3v) is 6.11. The van der Waals surface area contributed by atoms with Crippen molar-refractivity contribution in [2.75, 3.05) is 0 Å². The van der Waals surface area contributed by atoms with Gasteiger partial charge in [0.1, 0.15) is 4.21 Å². The average molecular weight is 367 g/mol. The van der Waals surface area contributed by atoms with E-state index in [9.17, 15) is 8.42 Å². The molecule has 7 heteroatoms. The minimum atomic E-state index is -3.47. The van der Waals surface area contributed by atoms with Gasteiger partial charge in [0.2, 0.25) is 10.0 Å². The average Bonchev–Trinajstić information content (AvgIpc) is 2.76. The van der Waals surface area contributed by atoms with Crippen LogP contribution >= 0.6 is 38.9 Å². The summed E-state index contributed by atoms with van der Waals surface area (Å²) < 4.78 is 27.5. The first-order valence-corrected chi connectivity index (χ1v) is 8.44. The molecule has 0 fully saturated rings. The van der Waals surface area contributed by atoms with Gasteiger partial charge in [-0.15, -0.1) is 11.3 Å². The van der Waals surface area contributed by atoms with E-state index in [1.54, 1.807) is 30.3 Å². The zero-order chi connectivity index (χ0) is 13.2. The molecule has 1 aromatic heterocycles. The van der Waals surface area contributed by atoms with E-state index in [1.165, 1.54) is 11.3 Å². The molecule has 0 atom stereocenters. The van der Waals surface area contributed by atoms with Crippen LogP contribution in [0.4, 0.5) is 0 Å². The Hall–Kier alpha value is -0.400. The standard InChI is InChI=1S/C11H9BrClNO2S2/c12-10-5-6-11(17-10)18(15,16)14-7-8-3-1-2-4-9(8)13/h1-6,14H,7H2. The first kappa shape index (κ1) is 14.0. The van der Waals surface area contributed by atoms with Gasteiger partial charge in [0, 0.05) is 11.6 Å². The lowest BCUT2D eigenvalue weighted by Gasteiger charge is -2.06. The van der Waals surface area contributed by atoms with E-state index < -0.39 is 10.0 Å². The molecule has 0 aliphatic heterocycles. The van der Waals surface area contributed by atoms with Crippen molar-refractivity contribution in [3.63, 3.8) is 0 Å². The summed E-state index contributed by atoms with van der Waals surface area (Å²) in [5, 5.41) is 0.549. The number of sulfonamides is 1. The van der Waals surface area contributed by atoms with E-state index in [1.807, 2.05) is 6.07 Å². The molecule has 0 aliphatic carbocycles. The number of hydrogen-bond donors (Lipinski definition) is 1. The van der Waals surface area contributed by atoms with Crippen molar-refractivity contribution in [3.8, 4) is 0 Å². The zero-order valence-electron chi connectivity index (χ0n) is 9.06. The summed E-state index contributed by atoms with van der Waals surface area (Å²) in [6.07, 6.45) is 0. The normalized spacial score (nSPS) is 11.7. The summed E-state index contributed by atoms with van der Waals surface area (Å²) >= 11 is 10.4. The molecule has 0 bridgehead atoms. The fourth-order valence-electron chi connectivity index (χ4n) is 1.33. The minimum Gasteiger partial charge on any atom is -0.206 e. The Labute approximate surface area is 123 Å². The van der Waals surface area contributed by atoms with Crippen LogP contribution in [0.5, 0.6) is 0 Å². The van der Waals surface area contributed by atoms with Gasteiger partial charge < -0.3 is 0 Å². The molecule has 0 saturated heterocycles. The monoisotopic (exact) mass is 365 g/mol. The number of hydrogen-bond acceptors (Lipinski definition) is 3. The van der Waals surface area contributed by atoms with E-state index >= 15 is 0 Å². The summed E-state index contributed by atoms with van der Waals surface area (Å²) in [6.45, 7) is 0.178. The molecule has 2 rings (SSSR count). The number of rotatable bonds is 4. The molecule has 18 heavy (non-hydrogen) atoms. The highest BCUT2D eigenvalue weighted by atomic mass is 79.9. The summed E-state index contributed by atoms with van der Waals surface area (Å²) in [6, 6.07) is 10.4. The van der Waals surface area contributed by atoms with Crippen LogP contribution in [0.1, 0.15) is 5.56 Å². The van der Waals surface area contributed by atoms with Crippen molar-refractivity contribution in [3.05, 3.63) is 50.8 Å². The fourth-order valence-corrected chi connectivity index (χ4v) is 4.59. The van der Waals surface area contributed by atoms with Crippen LogP contribution in [0, 0.1) is 0 Å². The highest BCUT2D eigenvalue weighted by Gasteiger charge is 2.16. The van der Waals surface area contributed by atoms with Gasteiger partial charge in [-0.05, 0) is 39.7 Å². The lowest BCUT2D eigenvalue weighted by Crippen LogP contribution is -2.22. The third-order valence-electron chi connectivity index (χ3n) is 2.22. The molecule has 0 spiro atoms. The molecule has 96 valence electrons. The van der Waals surface area contributed by atoms with Gasteiger partial charge in [-0.1, -0.05) is 29.8 Å². The van der Waals surface area contributed by atoms with Gasteiger partial charge in [-0.25, -0.2) is 13.1 Å². The summed E-state index contributed by atoms with van der Waals surface area (Å²) in [5.41, 5.74) is 0.748. The van der Waals surface area contributed by atoms with Crippen LogP contribution in [-0.2, 0) is 16.6 Å². The Kier molecular flexibility index (Phi) is 4.45. The van der Waals surface area contributed by atoms with E-state index in [2.05, 4.69) is 20.7 Å². The highest BCUT2D eigenvalue weighted by molar-refractivity contribution is 9.11. The number of nitrogens with one attached hydrogen (secondary N) is 1. The smallest absolute Gasteiger partial charge is 0.206 e. The molecule has 0 saturated carbocycles.